The number of hydrogen-bond donors (Lipinski definition) is 4. The van der Waals surface area contributed by atoms with Gasteiger partial charge in [0.2, 0.25) is 0 Å². The van der Waals surface area contributed by atoms with E-state index >= 15 is 0 Å². The number of carbonyl (C=O) groups is 5. The number of aryl methyl sites for hydroxylation is 1. The fraction of sp³-hybridized carbons (Fsp3) is 0.769. The summed E-state index contributed by atoms with van der Waals surface area (Å²) >= 11 is 0.149. The van der Waals surface area contributed by atoms with Gasteiger partial charge in [0.15, 0.2) is 0 Å². The SMILES string of the molecule is C=C(C)C(=O)OCCCC.C=C(C)C(=O)OCCO.CCCCCCCCCCCC(=O)[O-].CCCCCCCCCCCC(=O)[O-].CCC[CH2][Sn+2][CH2]CCC.Cc1ccc(C(C)(C)C)c(O)c1C(C)(C)C.NC(=O)OCCCO. The molecule has 1 amide bonds. The van der Waals surface area contributed by atoms with E-state index in [0.29, 0.717) is 29.9 Å². The molecule has 0 saturated heterocycles. The Labute approximate surface area is 499 Å². The van der Waals surface area contributed by atoms with Crippen molar-refractivity contribution in [2.75, 3.05) is 33.0 Å². The molecule has 15 heteroatoms. The van der Waals surface area contributed by atoms with Crippen LogP contribution in [0.25, 0.3) is 0 Å². The second kappa shape index (κ2) is 63.0. The van der Waals surface area contributed by atoms with E-state index < -0.39 is 24.0 Å². The number of aliphatic hydroxyl groups is 2. The van der Waals surface area contributed by atoms with Crippen molar-refractivity contribution in [3.63, 3.8) is 0 Å². The maximum Gasteiger partial charge on any atom is 0.404 e. The van der Waals surface area contributed by atoms with E-state index in [9.17, 15) is 39.3 Å². The van der Waals surface area contributed by atoms with Gasteiger partial charge in [0, 0.05) is 41.7 Å². The number of benzene rings is 1. The van der Waals surface area contributed by atoms with Gasteiger partial charge in [-0.05, 0) is 74.8 Å². The number of carboxylic acid groups (broad SMARTS) is 2. The molecule has 0 fully saturated rings. The van der Waals surface area contributed by atoms with Gasteiger partial charge in [0.25, 0.3) is 0 Å². The number of hydrogen-bond acceptors (Lipinski definition) is 13. The first kappa shape index (κ1) is 87.6. The Bertz CT molecular complexity index is 1620. The average molecular weight is 1240 g/mol. The molecule has 1 aromatic carbocycles. The number of phenolic OH excluding ortho intramolecular Hbond substituents is 1. The first-order valence-corrected chi connectivity index (χ1v) is 34.4. The largest absolute Gasteiger partial charge is 0.507 e. The molecule has 0 aliphatic rings. The monoisotopic (exact) mass is 1240 g/mol. The van der Waals surface area contributed by atoms with E-state index in [-0.39, 0.29) is 77.2 Å². The number of aromatic hydroxyl groups is 1. The van der Waals surface area contributed by atoms with Crippen LogP contribution in [0.3, 0.4) is 0 Å². The number of aliphatic hydroxyl groups excluding tert-OH is 2. The number of carbonyl (C=O) groups excluding carboxylic acids is 5. The van der Waals surface area contributed by atoms with Crippen molar-refractivity contribution in [3.8, 4) is 5.75 Å². The van der Waals surface area contributed by atoms with Crippen LogP contribution in [-0.2, 0) is 44.2 Å². The molecule has 0 bridgehead atoms. The molecule has 0 radical (unpaired) electrons. The number of unbranched alkanes of at least 4 members (excludes halogenated alkanes) is 19. The fourth-order valence-electron chi connectivity index (χ4n) is 7.06. The molecule has 0 saturated carbocycles. The summed E-state index contributed by atoms with van der Waals surface area (Å²) in [6.07, 6.45) is 29.8. The Morgan fingerprint density at radius 1 is 0.512 bits per heavy atom. The van der Waals surface area contributed by atoms with Gasteiger partial charge >= 0.3 is 87.6 Å². The predicted octanol–water partition coefficient (Wildman–Crippen LogP) is 14.2. The van der Waals surface area contributed by atoms with E-state index in [0.717, 1.165) is 55.2 Å². The van der Waals surface area contributed by atoms with Crippen molar-refractivity contribution in [2.45, 2.75) is 290 Å². The normalized spacial score (nSPS) is 10.2. The van der Waals surface area contributed by atoms with Crippen molar-refractivity contribution < 1.29 is 63.7 Å². The van der Waals surface area contributed by atoms with E-state index in [1.807, 2.05) is 6.07 Å². The maximum absolute atomic E-state index is 10.7. The number of primary amides is 1. The van der Waals surface area contributed by atoms with Crippen LogP contribution in [0.1, 0.15) is 280 Å². The van der Waals surface area contributed by atoms with E-state index in [4.69, 9.17) is 14.9 Å². The third-order valence-electron chi connectivity index (χ3n) is 11.6. The summed E-state index contributed by atoms with van der Waals surface area (Å²) in [7, 11) is 0. The number of esters is 2. The molecule has 1 rings (SSSR count). The van der Waals surface area contributed by atoms with Crippen LogP contribution in [0.5, 0.6) is 5.75 Å². The van der Waals surface area contributed by atoms with Gasteiger partial charge in [0.1, 0.15) is 12.4 Å². The van der Waals surface area contributed by atoms with Gasteiger partial charge in [-0.25, -0.2) is 14.4 Å². The van der Waals surface area contributed by atoms with Crippen molar-refractivity contribution in [1.82, 2.24) is 0 Å². The van der Waals surface area contributed by atoms with Crippen molar-refractivity contribution >= 4 is 51.1 Å². The summed E-state index contributed by atoms with van der Waals surface area (Å²) in [6.45, 7) is 36.6. The minimum absolute atomic E-state index is 0.0161. The number of amides is 1. The topological polar surface area (TPSA) is 246 Å². The van der Waals surface area contributed by atoms with Crippen LogP contribution in [-0.4, -0.2) is 99.5 Å². The number of rotatable bonds is 36. The smallest absolute Gasteiger partial charge is 0.404 e. The van der Waals surface area contributed by atoms with E-state index in [1.54, 1.807) is 22.7 Å². The minimum atomic E-state index is -0.909. The van der Waals surface area contributed by atoms with Gasteiger partial charge < -0.3 is 55.1 Å². The van der Waals surface area contributed by atoms with Crippen LogP contribution < -0.4 is 15.9 Å². The molecule has 80 heavy (non-hydrogen) atoms. The van der Waals surface area contributed by atoms with E-state index in [2.05, 4.69) is 118 Å². The molecule has 0 unspecified atom stereocenters. The molecule has 0 spiro atoms. The van der Waals surface area contributed by atoms with Gasteiger partial charge in [-0.3, -0.25) is 0 Å². The molecule has 1 aromatic rings. The summed E-state index contributed by atoms with van der Waals surface area (Å²) in [4.78, 5) is 51.1. The zero-order valence-corrected chi connectivity index (χ0v) is 56.5. The zero-order chi connectivity index (χ0) is 62.6. The molecule has 0 aliphatic heterocycles. The summed E-state index contributed by atoms with van der Waals surface area (Å²) in [5.74, 6) is -2.08. The van der Waals surface area contributed by atoms with Crippen LogP contribution in [0.2, 0.25) is 8.87 Å². The molecule has 14 nitrogen and oxygen atoms in total. The number of carboxylic acids is 2. The zero-order valence-electron chi connectivity index (χ0n) is 53.6. The summed E-state index contributed by atoms with van der Waals surface area (Å²) < 4.78 is 16.8. The van der Waals surface area contributed by atoms with Crippen LogP contribution in [0, 0.1) is 6.92 Å². The Morgan fingerprint density at radius 2 is 0.863 bits per heavy atom. The van der Waals surface area contributed by atoms with Gasteiger partial charge in [0.05, 0.1) is 19.8 Å². The predicted molar refractivity (Wildman–Crippen MR) is 330 cm³/mol. The quantitative estimate of drug-likeness (QED) is 0.0161. The van der Waals surface area contributed by atoms with E-state index in [1.165, 1.54) is 116 Å². The first-order valence-electron chi connectivity index (χ1n) is 30.4. The third kappa shape index (κ3) is 70.5. The van der Waals surface area contributed by atoms with Crippen LogP contribution in [0.15, 0.2) is 36.4 Å². The Hall–Kier alpha value is -3.63. The molecule has 0 atom stereocenters. The Morgan fingerprint density at radius 3 is 1.16 bits per heavy atom. The third-order valence-corrected chi connectivity index (χ3v) is 15.7. The molecule has 0 heterocycles. The molecule has 0 aromatic heterocycles. The van der Waals surface area contributed by atoms with Crippen molar-refractivity contribution in [3.05, 3.63) is 53.1 Å². The molecule has 0 aliphatic carbocycles. The number of nitrogens with two attached hydrogens (primary N) is 1. The average Bonchev–Trinajstić information content (AvgIpc) is 3.37. The molecular formula is C65H121NO13Sn. The Balaban J connectivity index is -0.000000203. The first-order chi connectivity index (χ1) is 37.6. The van der Waals surface area contributed by atoms with Crippen LogP contribution in [0.4, 0.5) is 4.79 Å². The minimum Gasteiger partial charge on any atom is -0.507 e. The van der Waals surface area contributed by atoms with Crippen LogP contribution >= 0.6 is 0 Å². The molecule has 5 N–H and O–H groups in total. The summed E-state index contributed by atoms with van der Waals surface area (Å²) in [6, 6.07) is 4.15. The van der Waals surface area contributed by atoms with Gasteiger partial charge in [-0.2, -0.15) is 0 Å². The van der Waals surface area contributed by atoms with Crippen molar-refractivity contribution in [1.29, 1.82) is 0 Å². The van der Waals surface area contributed by atoms with Gasteiger partial charge in [-0.1, -0.05) is 197 Å². The number of ether oxygens (including phenoxy) is 3. The molecular weight excluding hydrogens is 1120 g/mol. The standard InChI is InChI=1S/C15H24O.2C12H24O2.C8H14O2.C6H10O3.C4H9NO3.2C4H9.Sn/c1-10-8-9-11(14(2,3)4)13(16)12(10)15(5,6)7;2*1-2-3-4-5-6-7-8-9-10-11-12(13)14;1-4-5-6-10-8(9)7(2)3;1-5(2)6(8)9-4-3-7;5-4(7)8-3-1-2-6;2*1-3-4-2;/h8-9,16H,1-7H3;2*2-11H2,1H3,(H,13,14);2,4-6H2,1,3H3;7H,1,3-4H2,2H3;6H,1-3H2,(H2,5,7);2*1,3-4H2,2H3;/q;;;;;;;;+2/p-2. The molecule has 468 valence electrons. The van der Waals surface area contributed by atoms with Crippen molar-refractivity contribution in [2.24, 2.45) is 5.73 Å². The maximum atomic E-state index is 10.7. The number of aliphatic carboxylic acids is 2. The summed E-state index contributed by atoms with van der Waals surface area (Å²) in [5, 5.41) is 47.0. The number of phenols is 1. The van der Waals surface area contributed by atoms with Gasteiger partial charge in [-0.15, -0.1) is 0 Å². The summed E-state index contributed by atoms with van der Waals surface area (Å²) in [5.41, 5.74) is 8.64. The Kier molecular flexibility index (Phi) is 68.9. The second-order valence-corrected chi connectivity index (χ2v) is 26.4. The fourth-order valence-corrected chi connectivity index (χ4v) is 11.2. The second-order valence-electron chi connectivity index (χ2n) is 22.2.